The van der Waals surface area contributed by atoms with E-state index in [9.17, 15) is 48.6 Å². The van der Waals surface area contributed by atoms with Gasteiger partial charge >= 0.3 is 17.9 Å². The third kappa shape index (κ3) is 27.2. The number of hydrogen-bond donors (Lipinski definition) is 6. The van der Waals surface area contributed by atoms with Gasteiger partial charge in [-0.25, -0.2) is 14.7 Å². The Kier molecular flexibility index (Phi) is 30.1. The van der Waals surface area contributed by atoms with Gasteiger partial charge in [0.05, 0.1) is 45.6 Å². The summed E-state index contributed by atoms with van der Waals surface area (Å²) in [5.74, 6) is -7.74. The van der Waals surface area contributed by atoms with Gasteiger partial charge in [0, 0.05) is 39.3 Å². The molecule has 1 aliphatic heterocycles. The highest BCUT2D eigenvalue weighted by atomic mass is 16.7. The first kappa shape index (κ1) is 52.8. The molecule has 1 aliphatic rings. The Hall–Kier alpha value is -4.20. The molecule has 0 aromatic rings. The molecule has 19 nitrogen and oxygen atoms in total. The highest BCUT2D eigenvalue weighted by Crippen LogP contribution is 2.18. The van der Waals surface area contributed by atoms with Crippen molar-refractivity contribution in [3.8, 4) is 0 Å². The molecule has 6 N–H and O–H groups in total. The minimum Gasteiger partial charge on any atom is -0.481 e. The van der Waals surface area contributed by atoms with Crippen molar-refractivity contribution < 1.29 is 72.7 Å². The zero-order chi connectivity index (χ0) is 43.7. The lowest BCUT2D eigenvalue weighted by atomic mass is 9.91. The monoisotopic (exact) mass is 844 g/mol. The zero-order valence-electron chi connectivity index (χ0n) is 34.7. The van der Waals surface area contributed by atoms with E-state index in [2.05, 4.69) is 16.0 Å². The van der Waals surface area contributed by atoms with Crippen molar-refractivity contribution in [2.24, 2.45) is 5.92 Å². The number of ketones is 1. The molecule has 0 bridgehead atoms. The third-order valence-corrected chi connectivity index (χ3v) is 9.57. The fourth-order valence-electron chi connectivity index (χ4n) is 6.35. The molecular weight excluding hydrogens is 776 g/mol. The van der Waals surface area contributed by atoms with E-state index in [0.717, 1.165) is 51.9 Å². The Bertz CT molecular complexity index is 1280. The van der Waals surface area contributed by atoms with Gasteiger partial charge in [-0.2, -0.15) is 0 Å². The Morgan fingerprint density at radius 2 is 1.20 bits per heavy atom. The predicted octanol–water partition coefficient (Wildman–Crippen LogP) is 2.77. The van der Waals surface area contributed by atoms with Crippen LogP contribution in [-0.4, -0.2) is 139 Å². The highest BCUT2D eigenvalue weighted by Gasteiger charge is 2.33. The fraction of sp³-hybridized carbons (Fsp3) is 0.800. The quantitative estimate of drug-likeness (QED) is 0.0520. The molecule has 1 fully saturated rings. The predicted molar refractivity (Wildman–Crippen MR) is 212 cm³/mol. The van der Waals surface area contributed by atoms with Crippen LogP contribution in [0.15, 0.2) is 0 Å². The summed E-state index contributed by atoms with van der Waals surface area (Å²) < 4.78 is 16.1. The third-order valence-electron chi connectivity index (χ3n) is 9.57. The Balaban J connectivity index is 2.41. The van der Waals surface area contributed by atoms with E-state index in [1.165, 1.54) is 32.1 Å². The maximum atomic E-state index is 13.3. The SMILES string of the molecule is CC(=O)N(OCCOCCNC(=O)COCCOCCNC(=O)C1C[C@@H](C(=O)O)NC(=O)CCCCCCCCCCCCCCCCC1=O)[C@@H](CCC(=O)O)C(=O)O. The van der Waals surface area contributed by atoms with Gasteiger partial charge in [0.25, 0.3) is 0 Å². The van der Waals surface area contributed by atoms with E-state index >= 15 is 0 Å². The lowest BCUT2D eigenvalue weighted by Crippen LogP contribution is -2.46. The van der Waals surface area contributed by atoms with Crippen molar-refractivity contribution in [3.05, 3.63) is 0 Å². The van der Waals surface area contributed by atoms with Gasteiger partial charge in [0.15, 0.2) is 6.04 Å². The van der Waals surface area contributed by atoms with E-state index in [1.807, 2.05) is 0 Å². The standard InChI is InChI=1S/C40H68N4O15/c1-30(45)44(33(40(54)55)18-19-37(49)50)59-27-26-57-22-20-41-36(48)29-58-25-24-56-23-21-42-38(51)31-28-32(39(52)53)43-35(47)17-15-13-11-9-7-5-3-2-4-6-8-10-12-14-16-34(31)46/h31-33H,2-29H2,1H3,(H,41,48)(H,42,51)(H,43,47)(H,49,50)(H,52,53)(H,54,55)/t31?,32-,33-/m0/s1. The minimum atomic E-state index is -1.48. The highest BCUT2D eigenvalue weighted by molar-refractivity contribution is 6.02. The van der Waals surface area contributed by atoms with E-state index in [0.29, 0.717) is 17.9 Å². The maximum Gasteiger partial charge on any atom is 0.329 e. The molecular formula is C40H68N4O15. The average Bonchev–Trinajstić information content (AvgIpc) is 3.18. The number of amides is 4. The van der Waals surface area contributed by atoms with Crippen LogP contribution in [0.1, 0.15) is 129 Å². The number of carbonyl (C=O) groups excluding carboxylic acids is 5. The second-order valence-corrected chi connectivity index (χ2v) is 14.5. The van der Waals surface area contributed by atoms with E-state index in [1.54, 1.807) is 0 Å². The molecule has 4 amide bonds. The van der Waals surface area contributed by atoms with Crippen LogP contribution in [-0.2, 0) is 57.4 Å². The number of nitrogens with one attached hydrogen (secondary N) is 3. The summed E-state index contributed by atoms with van der Waals surface area (Å²) >= 11 is 0. The number of carboxylic acid groups (broad SMARTS) is 3. The first-order valence-electron chi connectivity index (χ1n) is 21.0. The van der Waals surface area contributed by atoms with Crippen LogP contribution in [0.2, 0.25) is 0 Å². The van der Waals surface area contributed by atoms with Crippen LogP contribution < -0.4 is 16.0 Å². The smallest absolute Gasteiger partial charge is 0.329 e. The number of aliphatic carboxylic acids is 3. The number of nitrogens with zero attached hydrogens (tertiary/aromatic N) is 1. The molecule has 0 aromatic heterocycles. The van der Waals surface area contributed by atoms with Crippen molar-refractivity contribution in [3.63, 3.8) is 0 Å². The second-order valence-electron chi connectivity index (χ2n) is 14.5. The van der Waals surface area contributed by atoms with Crippen molar-refractivity contribution in [2.75, 3.05) is 59.3 Å². The summed E-state index contributed by atoms with van der Waals surface area (Å²) in [6.45, 7) is 1.03. The summed E-state index contributed by atoms with van der Waals surface area (Å²) in [6.07, 6.45) is 13.5. The average molecular weight is 845 g/mol. The van der Waals surface area contributed by atoms with Crippen LogP contribution in [0.5, 0.6) is 0 Å². The Morgan fingerprint density at radius 1 is 0.695 bits per heavy atom. The maximum absolute atomic E-state index is 13.3. The summed E-state index contributed by atoms with van der Waals surface area (Å²) in [6, 6.07) is -2.86. The molecule has 3 atom stereocenters. The fourth-order valence-corrected chi connectivity index (χ4v) is 6.35. The number of carbonyl (C=O) groups is 8. The summed E-state index contributed by atoms with van der Waals surface area (Å²) in [4.78, 5) is 102. The molecule has 338 valence electrons. The van der Waals surface area contributed by atoms with Gasteiger partial charge in [0.2, 0.25) is 23.6 Å². The Labute approximate surface area is 346 Å². The molecule has 0 aliphatic carbocycles. The molecule has 1 heterocycles. The molecule has 59 heavy (non-hydrogen) atoms. The molecule has 0 aromatic carbocycles. The molecule has 1 rings (SSSR count). The van der Waals surface area contributed by atoms with Crippen LogP contribution in [0.25, 0.3) is 0 Å². The number of ether oxygens (including phenoxy) is 3. The number of Topliss-reactive ketones (excluding diaryl/α,β-unsaturated/α-hetero) is 1. The summed E-state index contributed by atoms with van der Waals surface area (Å²) in [7, 11) is 0. The lowest BCUT2D eigenvalue weighted by molar-refractivity contribution is -0.210. The minimum absolute atomic E-state index is 0.0376. The normalized spacial score (nSPS) is 18.9. The molecule has 0 radical (unpaired) electrons. The Morgan fingerprint density at radius 3 is 1.73 bits per heavy atom. The van der Waals surface area contributed by atoms with Crippen molar-refractivity contribution in [1.82, 2.24) is 21.0 Å². The number of carboxylic acids is 3. The lowest BCUT2D eigenvalue weighted by Gasteiger charge is -2.26. The van der Waals surface area contributed by atoms with Crippen molar-refractivity contribution in [1.29, 1.82) is 0 Å². The van der Waals surface area contributed by atoms with E-state index in [4.69, 9.17) is 24.2 Å². The number of hydrogen-bond acceptors (Lipinski definition) is 12. The summed E-state index contributed by atoms with van der Waals surface area (Å²) in [5.41, 5.74) is 0. The second kappa shape index (κ2) is 33.6. The molecule has 0 saturated carbocycles. The topological polar surface area (TPSA) is 273 Å². The largest absolute Gasteiger partial charge is 0.481 e. The van der Waals surface area contributed by atoms with Gasteiger partial charge in [-0.1, -0.05) is 77.0 Å². The number of rotatable bonds is 22. The van der Waals surface area contributed by atoms with Crippen molar-refractivity contribution in [2.45, 2.75) is 141 Å². The van der Waals surface area contributed by atoms with Gasteiger partial charge in [-0.05, 0) is 25.7 Å². The van der Waals surface area contributed by atoms with E-state index in [-0.39, 0.29) is 90.8 Å². The van der Waals surface area contributed by atoms with Gasteiger partial charge in [-0.3, -0.25) is 33.6 Å². The zero-order valence-corrected chi connectivity index (χ0v) is 34.7. The van der Waals surface area contributed by atoms with Crippen LogP contribution in [0.4, 0.5) is 0 Å². The van der Waals surface area contributed by atoms with Crippen LogP contribution >= 0.6 is 0 Å². The van der Waals surface area contributed by atoms with Gasteiger partial charge < -0.3 is 45.5 Å². The van der Waals surface area contributed by atoms with Crippen molar-refractivity contribution >= 4 is 47.3 Å². The molecule has 19 heteroatoms. The van der Waals surface area contributed by atoms with Crippen LogP contribution in [0, 0.1) is 5.92 Å². The molecule has 1 unspecified atom stereocenters. The number of hydroxylamine groups is 2. The molecule has 1 saturated heterocycles. The summed E-state index contributed by atoms with van der Waals surface area (Å²) in [5, 5.41) is 36.4. The van der Waals surface area contributed by atoms with Gasteiger partial charge in [-0.15, -0.1) is 0 Å². The van der Waals surface area contributed by atoms with Crippen LogP contribution in [0.3, 0.4) is 0 Å². The van der Waals surface area contributed by atoms with E-state index < -0.39 is 66.0 Å². The van der Waals surface area contributed by atoms with Gasteiger partial charge in [0.1, 0.15) is 18.4 Å². The molecule has 0 spiro atoms. The first-order chi connectivity index (χ1) is 28.3. The first-order valence-corrected chi connectivity index (χ1v) is 21.0.